The molecule has 2 rings (SSSR count). The number of aromatic nitrogens is 1. The Bertz CT molecular complexity index is 500. The van der Waals surface area contributed by atoms with Gasteiger partial charge in [-0.05, 0) is 18.6 Å². The van der Waals surface area contributed by atoms with Crippen LogP contribution in [0.5, 0.6) is 0 Å². The zero-order chi connectivity index (χ0) is 11.5. The molecule has 0 saturated heterocycles. The van der Waals surface area contributed by atoms with E-state index in [-0.39, 0.29) is 18.4 Å². The molecule has 1 aromatic heterocycles. The van der Waals surface area contributed by atoms with Gasteiger partial charge < -0.3 is 5.73 Å². The van der Waals surface area contributed by atoms with Gasteiger partial charge in [0.15, 0.2) is 0 Å². The summed E-state index contributed by atoms with van der Waals surface area (Å²) in [6, 6.07) is 9.96. The van der Waals surface area contributed by atoms with Crippen molar-refractivity contribution in [3.05, 3.63) is 41.0 Å². The average molecular weight is 271 g/mol. The third-order valence-corrected chi connectivity index (χ3v) is 3.01. The largest absolute Gasteiger partial charge is 0.324 e. The van der Waals surface area contributed by atoms with Crippen LogP contribution in [0.4, 0.5) is 0 Å². The van der Waals surface area contributed by atoms with E-state index >= 15 is 0 Å². The highest BCUT2D eigenvalue weighted by Crippen LogP contribution is 2.26. The second-order valence-corrected chi connectivity index (χ2v) is 4.31. The minimum absolute atomic E-state index is 0. The van der Waals surface area contributed by atoms with Gasteiger partial charge in [0.25, 0.3) is 0 Å². The first-order chi connectivity index (χ1) is 7.72. The van der Waals surface area contributed by atoms with Gasteiger partial charge >= 0.3 is 0 Å². The lowest BCUT2D eigenvalue weighted by Crippen LogP contribution is -2.10. The molecule has 0 aliphatic rings. The summed E-state index contributed by atoms with van der Waals surface area (Å²) in [5.74, 6) is 0. The average Bonchev–Trinajstić information content (AvgIpc) is 2.28. The van der Waals surface area contributed by atoms with Crippen molar-refractivity contribution in [2.45, 2.75) is 25.8 Å². The maximum atomic E-state index is 6.14. The molecule has 0 aliphatic heterocycles. The van der Waals surface area contributed by atoms with Crippen LogP contribution in [0.3, 0.4) is 0 Å². The molecule has 17 heavy (non-hydrogen) atoms. The van der Waals surface area contributed by atoms with Crippen molar-refractivity contribution in [3.63, 3.8) is 0 Å². The van der Waals surface area contributed by atoms with Crippen LogP contribution in [0.2, 0.25) is 5.15 Å². The summed E-state index contributed by atoms with van der Waals surface area (Å²) >= 11 is 6.14. The van der Waals surface area contributed by atoms with E-state index in [2.05, 4.69) is 11.9 Å². The smallest absolute Gasteiger partial charge is 0.134 e. The lowest BCUT2D eigenvalue weighted by Gasteiger charge is -2.12. The molecule has 0 aliphatic carbocycles. The number of benzene rings is 1. The van der Waals surface area contributed by atoms with Crippen LogP contribution in [0.25, 0.3) is 10.9 Å². The highest BCUT2D eigenvalue weighted by molar-refractivity contribution is 6.30. The second kappa shape index (κ2) is 6.20. The van der Waals surface area contributed by atoms with E-state index in [9.17, 15) is 0 Å². The molecule has 0 bridgehead atoms. The van der Waals surface area contributed by atoms with Gasteiger partial charge in [-0.25, -0.2) is 4.98 Å². The van der Waals surface area contributed by atoms with Crippen molar-refractivity contribution in [1.29, 1.82) is 0 Å². The molecule has 0 unspecified atom stereocenters. The van der Waals surface area contributed by atoms with Crippen LogP contribution >= 0.6 is 24.0 Å². The number of fused-ring (bicyclic) bond motifs is 1. The van der Waals surface area contributed by atoms with E-state index in [1.54, 1.807) is 0 Å². The van der Waals surface area contributed by atoms with Crippen molar-refractivity contribution in [2.75, 3.05) is 0 Å². The second-order valence-electron chi connectivity index (χ2n) is 3.96. The van der Waals surface area contributed by atoms with Gasteiger partial charge in [-0.15, -0.1) is 12.4 Å². The first kappa shape index (κ1) is 14.2. The first-order valence-corrected chi connectivity index (χ1v) is 5.91. The summed E-state index contributed by atoms with van der Waals surface area (Å²) in [4.78, 5) is 4.36. The van der Waals surface area contributed by atoms with E-state index in [1.807, 2.05) is 30.3 Å². The van der Waals surface area contributed by atoms with E-state index in [1.165, 1.54) is 0 Å². The molecule has 0 fully saturated rings. The standard InChI is InChI=1S/C13H15ClN2.ClH/c1-2-5-11(15)10-8-9-6-3-4-7-12(9)16-13(10)14;/h3-4,6-8,11H,2,5,15H2,1H3;1H/t11-;/m1./s1. The number of hydrogen-bond acceptors (Lipinski definition) is 2. The predicted octanol–water partition coefficient (Wildman–Crippen LogP) is 4.11. The molecule has 1 heterocycles. The minimum atomic E-state index is -0.0189. The third kappa shape index (κ3) is 3.09. The normalized spacial score (nSPS) is 12.2. The van der Waals surface area contributed by atoms with Crippen molar-refractivity contribution >= 4 is 34.9 Å². The Morgan fingerprint density at radius 1 is 1.35 bits per heavy atom. The lowest BCUT2D eigenvalue weighted by molar-refractivity contribution is 0.637. The summed E-state index contributed by atoms with van der Waals surface area (Å²) in [5.41, 5.74) is 7.94. The van der Waals surface area contributed by atoms with Crippen LogP contribution in [0.15, 0.2) is 30.3 Å². The highest BCUT2D eigenvalue weighted by Gasteiger charge is 2.11. The maximum Gasteiger partial charge on any atom is 0.134 e. The highest BCUT2D eigenvalue weighted by atomic mass is 35.5. The van der Waals surface area contributed by atoms with E-state index in [0.717, 1.165) is 29.3 Å². The molecule has 2 N–H and O–H groups in total. The fourth-order valence-electron chi connectivity index (χ4n) is 1.84. The Morgan fingerprint density at radius 3 is 2.76 bits per heavy atom. The first-order valence-electron chi connectivity index (χ1n) is 5.53. The van der Waals surface area contributed by atoms with Gasteiger partial charge in [0.1, 0.15) is 5.15 Å². The molecular weight excluding hydrogens is 255 g/mol. The van der Waals surface area contributed by atoms with Gasteiger partial charge in [0.2, 0.25) is 0 Å². The Kier molecular flexibility index (Phi) is 5.19. The number of nitrogens with two attached hydrogens (primary N) is 1. The van der Waals surface area contributed by atoms with Crippen LogP contribution in [-0.2, 0) is 0 Å². The van der Waals surface area contributed by atoms with Crippen LogP contribution in [-0.4, -0.2) is 4.98 Å². The number of pyridine rings is 1. The molecule has 0 spiro atoms. The van der Waals surface area contributed by atoms with E-state index < -0.39 is 0 Å². The monoisotopic (exact) mass is 270 g/mol. The van der Waals surface area contributed by atoms with Crippen LogP contribution in [0, 0.1) is 0 Å². The molecule has 92 valence electrons. The number of rotatable bonds is 3. The molecule has 1 atom stereocenters. The number of hydrogen-bond donors (Lipinski definition) is 1. The minimum Gasteiger partial charge on any atom is -0.324 e. The van der Waals surface area contributed by atoms with Crippen molar-refractivity contribution < 1.29 is 0 Å². The maximum absolute atomic E-state index is 6.14. The number of halogens is 2. The summed E-state index contributed by atoms with van der Waals surface area (Å²) in [6.45, 7) is 2.11. The van der Waals surface area contributed by atoms with Crippen LogP contribution < -0.4 is 5.73 Å². The van der Waals surface area contributed by atoms with Gasteiger partial charge in [-0.2, -0.15) is 0 Å². The zero-order valence-electron chi connectivity index (χ0n) is 9.69. The summed E-state index contributed by atoms with van der Waals surface area (Å²) < 4.78 is 0. The Morgan fingerprint density at radius 2 is 2.06 bits per heavy atom. The summed E-state index contributed by atoms with van der Waals surface area (Å²) in [6.07, 6.45) is 1.98. The molecular formula is C13H16Cl2N2. The van der Waals surface area contributed by atoms with E-state index in [0.29, 0.717) is 5.15 Å². The Labute approximate surface area is 113 Å². The topological polar surface area (TPSA) is 38.9 Å². The molecule has 0 saturated carbocycles. The SMILES string of the molecule is CCC[C@@H](N)c1cc2ccccc2nc1Cl.Cl. The third-order valence-electron chi connectivity index (χ3n) is 2.70. The van der Waals surface area contributed by atoms with Crippen LogP contribution in [0.1, 0.15) is 31.4 Å². The summed E-state index contributed by atoms with van der Waals surface area (Å²) in [5, 5.41) is 1.62. The molecule has 0 radical (unpaired) electrons. The van der Waals surface area contributed by atoms with Crippen molar-refractivity contribution in [2.24, 2.45) is 5.73 Å². The van der Waals surface area contributed by atoms with Crippen molar-refractivity contribution in [3.8, 4) is 0 Å². The van der Waals surface area contributed by atoms with Crippen molar-refractivity contribution in [1.82, 2.24) is 4.98 Å². The molecule has 2 nitrogen and oxygen atoms in total. The van der Waals surface area contributed by atoms with E-state index in [4.69, 9.17) is 17.3 Å². The summed E-state index contributed by atoms with van der Waals surface area (Å²) in [7, 11) is 0. The quantitative estimate of drug-likeness (QED) is 0.853. The molecule has 0 amide bonds. The lowest BCUT2D eigenvalue weighted by atomic mass is 10.0. The molecule has 1 aromatic carbocycles. The van der Waals surface area contributed by atoms with Gasteiger partial charge in [-0.1, -0.05) is 43.1 Å². The molecule has 4 heteroatoms. The predicted molar refractivity (Wildman–Crippen MR) is 75.8 cm³/mol. The van der Waals surface area contributed by atoms with Gasteiger partial charge in [0.05, 0.1) is 5.52 Å². The fourth-order valence-corrected chi connectivity index (χ4v) is 2.12. The Balaban J connectivity index is 0.00000144. The molecule has 2 aromatic rings. The Hall–Kier alpha value is -0.830. The number of para-hydroxylation sites is 1. The van der Waals surface area contributed by atoms with Gasteiger partial charge in [0, 0.05) is 17.0 Å². The zero-order valence-corrected chi connectivity index (χ0v) is 11.3. The van der Waals surface area contributed by atoms with Gasteiger partial charge in [-0.3, -0.25) is 0 Å². The number of nitrogens with zero attached hydrogens (tertiary/aromatic N) is 1. The fraction of sp³-hybridized carbons (Fsp3) is 0.308.